The Hall–Kier alpha value is -1.85. The maximum absolute atomic E-state index is 11.4. The Kier molecular flexibility index (Phi) is 4.04. The number of anilines is 1. The number of ether oxygens (including phenoxy) is 2. The van der Waals surface area contributed by atoms with Gasteiger partial charge in [0.25, 0.3) is 0 Å². The topological polar surface area (TPSA) is 64.6 Å². The molecule has 0 radical (unpaired) electrons. The third kappa shape index (κ3) is 2.59. The number of carbonyl (C=O) groups is 1. The largest absolute Gasteiger partial charge is 0.481 e. The summed E-state index contributed by atoms with van der Waals surface area (Å²) in [4.78, 5) is 21.4. The van der Waals surface area contributed by atoms with Gasteiger partial charge in [0.15, 0.2) is 5.69 Å². The van der Waals surface area contributed by atoms with Crippen molar-refractivity contribution >= 4 is 11.9 Å². The highest BCUT2D eigenvalue weighted by Crippen LogP contribution is 2.14. The third-order valence-corrected chi connectivity index (χ3v) is 2.11. The van der Waals surface area contributed by atoms with Crippen molar-refractivity contribution in [2.75, 3.05) is 32.7 Å². The average molecular weight is 225 g/mol. The standard InChI is InChI=1S/C10H15N3O3/c1-5-13(2)10-11-7(9(14)16-4)6-8(12-10)15-3/h6H,5H2,1-4H3. The zero-order chi connectivity index (χ0) is 12.1. The van der Waals surface area contributed by atoms with Gasteiger partial charge in [-0.2, -0.15) is 4.98 Å². The van der Waals surface area contributed by atoms with Gasteiger partial charge in [0.2, 0.25) is 11.8 Å². The Morgan fingerprint density at radius 3 is 2.62 bits per heavy atom. The van der Waals surface area contributed by atoms with Crippen molar-refractivity contribution in [2.45, 2.75) is 6.92 Å². The van der Waals surface area contributed by atoms with Crippen LogP contribution in [0, 0.1) is 0 Å². The molecule has 0 aliphatic rings. The third-order valence-electron chi connectivity index (χ3n) is 2.11. The molecule has 1 heterocycles. The fraction of sp³-hybridized carbons (Fsp3) is 0.500. The molecule has 0 saturated carbocycles. The Labute approximate surface area is 94.2 Å². The van der Waals surface area contributed by atoms with E-state index in [0.29, 0.717) is 11.8 Å². The van der Waals surface area contributed by atoms with Gasteiger partial charge in [-0.3, -0.25) is 0 Å². The van der Waals surface area contributed by atoms with Crippen LogP contribution in [-0.2, 0) is 4.74 Å². The molecule has 0 amide bonds. The van der Waals surface area contributed by atoms with Crippen molar-refractivity contribution in [1.82, 2.24) is 9.97 Å². The van der Waals surface area contributed by atoms with Gasteiger partial charge in [-0.15, -0.1) is 0 Å². The maximum Gasteiger partial charge on any atom is 0.357 e. The lowest BCUT2D eigenvalue weighted by molar-refractivity contribution is 0.0593. The molecule has 1 aromatic heterocycles. The van der Waals surface area contributed by atoms with E-state index in [1.54, 1.807) is 4.90 Å². The molecule has 0 fully saturated rings. The van der Waals surface area contributed by atoms with Crippen LogP contribution in [-0.4, -0.2) is 43.7 Å². The second-order valence-electron chi connectivity index (χ2n) is 3.10. The smallest absolute Gasteiger partial charge is 0.357 e. The minimum atomic E-state index is -0.508. The lowest BCUT2D eigenvalue weighted by Crippen LogP contribution is -2.20. The Morgan fingerprint density at radius 2 is 2.12 bits per heavy atom. The van der Waals surface area contributed by atoms with Crippen LogP contribution >= 0.6 is 0 Å². The summed E-state index contributed by atoms with van der Waals surface area (Å²) in [6.07, 6.45) is 0. The van der Waals surface area contributed by atoms with Crippen LogP contribution in [0.15, 0.2) is 6.07 Å². The molecule has 0 bridgehead atoms. The van der Waals surface area contributed by atoms with E-state index in [1.165, 1.54) is 20.3 Å². The lowest BCUT2D eigenvalue weighted by atomic mass is 10.4. The molecule has 0 aliphatic carbocycles. The van der Waals surface area contributed by atoms with Gasteiger partial charge in [-0.05, 0) is 6.92 Å². The van der Waals surface area contributed by atoms with Crippen LogP contribution in [0.1, 0.15) is 17.4 Å². The van der Waals surface area contributed by atoms with Crippen molar-refractivity contribution in [3.05, 3.63) is 11.8 Å². The van der Waals surface area contributed by atoms with E-state index < -0.39 is 5.97 Å². The molecular formula is C10H15N3O3. The monoisotopic (exact) mass is 225 g/mol. The van der Waals surface area contributed by atoms with E-state index in [9.17, 15) is 4.79 Å². The molecule has 0 aliphatic heterocycles. The van der Waals surface area contributed by atoms with Gasteiger partial charge >= 0.3 is 5.97 Å². The summed E-state index contributed by atoms with van der Waals surface area (Å²) in [5.41, 5.74) is 0.185. The van der Waals surface area contributed by atoms with Crippen LogP contribution in [0.5, 0.6) is 5.88 Å². The predicted molar refractivity (Wildman–Crippen MR) is 58.9 cm³/mol. The molecule has 6 nitrogen and oxygen atoms in total. The van der Waals surface area contributed by atoms with Gasteiger partial charge in [0.1, 0.15) is 0 Å². The second kappa shape index (κ2) is 5.29. The number of carbonyl (C=O) groups excluding carboxylic acids is 1. The highest BCUT2D eigenvalue weighted by Gasteiger charge is 2.13. The molecule has 16 heavy (non-hydrogen) atoms. The van der Waals surface area contributed by atoms with E-state index in [1.807, 2.05) is 14.0 Å². The highest BCUT2D eigenvalue weighted by atomic mass is 16.5. The maximum atomic E-state index is 11.4. The summed E-state index contributed by atoms with van der Waals surface area (Å²) in [5.74, 6) is 0.263. The first-order valence-electron chi connectivity index (χ1n) is 4.84. The van der Waals surface area contributed by atoms with Crippen molar-refractivity contribution in [3.63, 3.8) is 0 Å². The molecule has 0 unspecified atom stereocenters. The fourth-order valence-electron chi connectivity index (χ4n) is 1.04. The molecule has 1 rings (SSSR count). The van der Waals surface area contributed by atoms with Crippen molar-refractivity contribution in [2.24, 2.45) is 0 Å². The van der Waals surface area contributed by atoms with Gasteiger partial charge in [-0.1, -0.05) is 0 Å². The highest BCUT2D eigenvalue weighted by molar-refractivity contribution is 5.87. The zero-order valence-electron chi connectivity index (χ0n) is 9.85. The molecule has 0 N–H and O–H groups in total. The quantitative estimate of drug-likeness (QED) is 0.704. The first kappa shape index (κ1) is 12.2. The van der Waals surface area contributed by atoms with E-state index >= 15 is 0 Å². The van der Waals surface area contributed by atoms with Crippen LogP contribution in [0.2, 0.25) is 0 Å². The predicted octanol–water partition coefficient (Wildman–Crippen LogP) is 0.728. The van der Waals surface area contributed by atoms with Gasteiger partial charge in [-0.25, -0.2) is 9.78 Å². The number of nitrogens with zero attached hydrogens (tertiary/aromatic N) is 3. The summed E-state index contributed by atoms with van der Waals surface area (Å²) in [5, 5.41) is 0. The number of hydrogen-bond donors (Lipinski definition) is 0. The number of methoxy groups -OCH3 is 2. The molecule has 6 heteroatoms. The van der Waals surface area contributed by atoms with Gasteiger partial charge in [0, 0.05) is 19.7 Å². The molecule has 0 spiro atoms. The Morgan fingerprint density at radius 1 is 1.44 bits per heavy atom. The molecular weight excluding hydrogens is 210 g/mol. The van der Waals surface area contributed by atoms with Crippen molar-refractivity contribution in [1.29, 1.82) is 0 Å². The van der Waals surface area contributed by atoms with Crippen LogP contribution in [0.4, 0.5) is 5.95 Å². The van der Waals surface area contributed by atoms with E-state index in [2.05, 4.69) is 14.7 Å². The van der Waals surface area contributed by atoms with E-state index in [-0.39, 0.29) is 5.69 Å². The second-order valence-corrected chi connectivity index (χ2v) is 3.10. The normalized spacial score (nSPS) is 9.75. The van der Waals surface area contributed by atoms with Gasteiger partial charge in [0.05, 0.1) is 14.2 Å². The van der Waals surface area contributed by atoms with Crippen LogP contribution in [0.3, 0.4) is 0 Å². The van der Waals surface area contributed by atoms with Crippen molar-refractivity contribution in [3.8, 4) is 5.88 Å². The summed E-state index contributed by atoms with van der Waals surface area (Å²) in [6.45, 7) is 2.69. The summed E-state index contributed by atoms with van der Waals surface area (Å²) >= 11 is 0. The Bertz CT molecular complexity index is 382. The lowest BCUT2D eigenvalue weighted by Gasteiger charge is -2.15. The fourth-order valence-corrected chi connectivity index (χ4v) is 1.04. The number of aromatic nitrogens is 2. The summed E-state index contributed by atoms with van der Waals surface area (Å²) in [7, 11) is 4.62. The molecule has 88 valence electrons. The molecule has 0 saturated heterocycles. The van der Waals surface area contributed by atoms with Gasteiger partial charge < -0.3 is 14.4 Å². The number of hydrogen-bond acceptors (Lipinski definition) is 6. The molecule has 0 atom stereocenters. The van der Waals surface area contributed by atoms with E-state index in [4.69, 9.17) is 4.74 Å². The summed E-state index contributed by atoms with van der Waals surface area (Å²) in [6, 6.07) is 1.44. The Balaban J connectivity index is 3.15. The number of rotatable bonds is 4. The van der Waals surface area contributed by atoms with E-state index in [0.717, 1.165) is 6.54 Å². The van der Waals surface area contributed by atoms with Crippen LogP contribution < -0.4 is 9.64 Å². The van der Waals surface area contributed by atoms with Crippen molar-refractivity contribution < 1.29 is 14.3 Å². The zero-order valence-corrected chi connectivity index (χ0v) is 9.85. The first-order chi connectivity index (χ1) is 7.62. The molecule has 0 aromatic carbocycles. The average Bonchev–Trinajstić information content (AvgIpc) is 2.35. The minimum Gasteiger partial charge on any atom is -0.481 e. The number of esters is 1. The minimum absolute atomic E-state index is 0.185. The summed E-state index contributed by atoms with van der Waals surface area (Å²) < 4.78 is 9.60. The first-order valence-corrected chi connectivity index (χ1v) is 4.84. The van der Waals surface area contributed by atoms with Crippen LogP contribution in [0.25, 0.3) is 0 Å². The SMILES string of the molecule is CCN(C)c1nc(OC)cc(C(=O)OC)n1. The molecule has 1 aromatic rings.